The van der Waals surface area contributed by atoms with E-state index in [9.17, 15) is 5.11 Å². The van der Waals surface area contributed by atoms with E-state index in [4.69, 9.17) is 4.74 Å². The normalized spacial score (nSPS) is 20.1. The topological polar surface area (TPSA) is 61.4 Å². The highest BCUT2D eigenvalue weighted by Crippen LogP contribution is 2.27. The van der Waals surface area contributed by atoms with Crippen molar-refractivity contribution >= 4 is 0 Å². The molecule has 2 atom stereocenters. The number of nitrogens with zero attached hydrogens (tertiary/aromatic N) is 2. The van der Waals surface area contributed by atoms with Gasteiger partial charge in [-0.15, -0.1) is 0 Å². The predicted octanol–water partition coefficient (Wildman–Crippen LogP) is 3.04. The third kappa shape index (κ3) is 5.14. The Morgan fingerprint density at radius 3 is 2.88 bits per heavy atom. The summed E-state index contributed by atoms with van der Waals surface area (Å²) in [6.45, 7) is 7.00. The number of nitrogens with one attached hydrogen (secondary N) is 1. The number of aliphatic hydroxyl groups excluding tert-OH is 1. The van der Waals surface area contributed by atoms with Gasteiger partial charge in [-0.1, -0.05) is 30.3 Å². The van der Waals surface area contributed by atoms with Crippen molar-refractivity contribution in [1.29, 1.82) is 0 Å². The first kappa shape index (κ1) is 18.1. The van der Waals surface area contributed by atoms with Crippen molar-refractivity contribution in [2.75, 3.05) is 26.2 Å². The van der Waals surface area contributed by atoms with E-state index < -0.39 is 6.10 Å². The van der Waals surface area contributed by atoms with E-state index in [2.05, 4.69) is 27.0 Å². The van der Waals surface area contributed by atoms with E-state index in [1.165, 1.54) is 0 Å². The highest BCUT2D eigenvalue weighted by atomic mass is 16.5. The number of ether oxygens (including phenoxy) is 1. The molecule has 1 aromatic carbocycles. The number of likely N-dealkylation sites (tertiary alicyclic amines) is 1. The zero-order chi connectivity index (χ0) is 17.6. The molecule has 5 nitrogen and oxygen atoms in total. The summed E-state index contributed by atoms with van der Waals surface area (Å²) in [5.41, 5.74) is 2.23. The molecule has 3 rings (SSSR count). The van der Waals surface area contributed by atoms with Crippen LogP contribution in [0.3, 0.4) is 0 Å². The number of H-pyrrole nitrogens is 1. The van der Waals surface area contributed by atoms with Gasteiger partial charge < -0.3 is 14.8 Å². The van der Waals surface area contributed by atoms with Gasteiger partial charge in [-0.2, -0.15) is 0 Å². The zero-order valence-corrected chi connectivity index (χ0v) is 15.2. The second kappa shape index (κ2) is 8.61. The molecule has 25 heavy (non-hydrogen) atoms. The second-order valence-corrected chi connectivity index (χ2v) is 7.18. The van der Waals surface area contributed by atoms with E-state index in [0.717, 1.165) is 43.0 Å². The molecular formula is C20H29N3O2. The number of aliphatic hydroxyl groups is 1. The molecule has 2 heterocycles. The van der Waals surface area contributed by atoms with Crippen molar-refractivity contribution < 1.29 is 9.84 Å². The van der Waals surface area contributed by atoms with Crippen LogP contribution < -0.4 is 0 Å². The highest BCUT2D eigenvalue weighted by Gasteiger charge is 2.25. The lowest BCUT2D eigenvalue weighted by atomic mass is 9.97. The monoisotopic (exact) mass is 343 g/mol. The Bertz CT molecular complexity index is 641. The SMILES string of the molecule is CC(C)OCC(O)CN1CCCC(c2ncc(-c3ccccc3)[nH]2)C1. The van der Waals surface area contributed by atoms with Crippen LogP contribution in [0.5, 0.6) is 0 Å². The highest BCUT2D eigenvalue weighted by molar-refractivity contribution is 5.58. The first-order chi connectivity index (χ1) is 12.1. The van der Waals surface area contributed by atoms with Gasteiger partial charge in [0.25, 0.3) is 0 Å². The fraction of sp³-hybridized carbons (Fsp3) is 0.550. The number of aromatic nitrogens is 2. The molecule has 1 fully saturated rings. The van der Waals surface area contributed by atoms with Crippen LogP contribution in [-0.2, 0) is 4.74 Å². The van der Waals surface area contributed by atoms with E-state index >= 15 is 0 Å². The molecule has 0 radical (unpaired) electrons. The van der Waals surface area contributed by atoms with Crippen LogP contribution in [0.1, 0.15) is 38.4 Å². The number of piperidine rings is 1. The van der Waals surface area contributed by atoms with Crippen molar-refractivity contribution in [3.8, 4) is 11.3 Å². The third-order valence-electron chi connectivity index (χ3n) is 4.66. The predicted molar refractivity (Wildman–Crippen MR) is 99.5 cm³/mol. The summed E-state index contributed by atoms with van der Waals surface area (Å²) in [6.07, 6.45) is 3.91. The molecule has 1 saturated heterocycles. The molecule has 0 bridgehead atoms. The molecule has 0 amide bonds. The van der Waals surface area contributed by atoms with Gasteiger partial charge in [0, 0.05) is 19.0 Å². The molecule has 0 saturated carbocycles. The molecule has 0 spiro atoms. The number of imidazole rings is 1. The van der Waals surface area contributed by atoms with Gasteiger partial charge >= 0.3 is 0 Å². The average molecular weight is 343 g/mol. The van der Waals surface area contributed by atoms with Gasteiger partial charge in [0.2, 0.25) is 0 Å². The van der Waals surface area contributed by atoms with Crippen molar-refractivity contribution in [2.45, 2.75) is 44.8 Å². The van der Waals surface area contributed by atoms with Crippen molar-refractivity contribution in [3.63, 3.8) is 0 Å². The zero-order valence-electron chi connectivity index (χ0n) is 15.2. The Hall–Kier alpha value is -1.69. The number of hydrogen-bond acceptors (Lipinski definition) is 4. The Morgan fingerprint density at radius 1 is 1.32 bits per heavy atom. The van der Waals surface area contributed by atoms with Gasteiger partial charge in [0.15, 0.2) is 0 Å². The molecule has 1 aliphatic rings. The fourth-order valence-electron chi connectivity index (χ4n) is 3.41. The molecule has 1 aliphatic heterocycles. The van der Waals surface area contributed by atoms with Crippen LogP contribution in [0.2, 0.25) is 0 Å². The first-order valence-corrected chi connectivity index (χ1v) is 9.24. The maximum absolute atomic E-state index is 10.2. The molecule has 2 unspecified atom stereocenters. The molecule has 5 heteroatoms. The van der Waals surface area contributed by atoms with E-state index in [1.54, 1.807) is 0 Å². The summed E-state index contributed by atoms with van der Waals surface area (Å²) in [6, 6.07) is 10.3. The van der Waals surface area contributed by atoms with Crippen LogP contribution >= 0.6 is 0 Å². The molecule has 2 aromatic rings. The van der Waals surface area contributed by atoms with Crippen LogP contribution in [0.25, 0.3) is 11.3 Å². The number of benzene rings is 1. The summed E-state index contributed by atoms with van der Waals surface area (Å²) < 4.78 is 5.51. The lowest BCUT2D eigenvalue weighted by molar-refractivity contribution is -0.0117. The molecule has 2 N–H and O–H groups in total. The maximum atomic E-state index is 10.2. The Balaban J connectivity index is 1.57. The second-order valence-electron chi connectivity index (χ2n) is 7.18. The smallest absolute Gasteiger partial charge is 0.110 e. The van der Waals surface area contributed by atoms with E-state index in [0.29, 0.717) is 19.1 Å². The standard InChI is InChI=1S/C20H29N3O2/c1-15(2)25-14-18(24)13-23-10-6-9-17(12-23)20-21-11-19(22-20)16-7-4-3-5-8-16/h3-5,7-8,11,15,17-18,24H,6,9-10,12-14H2,1-2H3,(H,21,22). The third-order valence-corrected chi connectivity index (χ3v) is 4.66. The minimum Gasteiger partial charge on any atom is -0.389 e. The van der Waals surface area contributed by atoms with Gasteiger partial charge in [-0.05, 0) is 38.8 Å². The quantitative estimate of drug-likeness (QED) is 0.811. The Morgan fingerprint density at radius 2 is 2.12 bits per heavy atom. The van der Waals surface area contributed by atoms with Crippen LogP contribution in [0.15, 0.2) is 36.5 Å². The maximum Gasteiger partial charge on any atom is 0.110 e. The number of hydrogen-bond donors (Lipinski definition) is 2. The molecule has 136 valence electrons. The van der Waals surface area contributed by atoms with Crippen molar-refractivity contribution in [1.82, 2.24) is 14.9 Å². The minimum atomic E-state index is -0.433. The Kier molecular flexibility index (Phi) is 6.24. The van der Waals surface area contributed by atoms with Crippen LogP contribution in [0, 0.1) is 0 Å². The number of β-amino-alcohol motifs (C(OH)–C–C–N with tert-alkyl or cyclic N) is 1. The molecule has 0 aliphatic carbocycles. The molecule has 1 aromatic heterocycles. The number of aromatic amines is 1. The van der Waals surface area contributed by atoms with Gasteiger partial charge in [0.1, 0.15) is 5.82 Å². The minimum absolute atomic E-state index is 0.156. The van der Waals surface area contributed by atoms with E-state index in [-0.39, 0.29) is 6.10 Å². The van der Waals surface area contributed by atoms with Crippen molar-refractivity contribution in [2.24, 2.45) is 0 Å². The lowest BCUT2D eigenvalue weighted by Gasteiger charge is -2.33. The van der Waals surface area contributed by atoms with Gasteiger partial charge in [-0.3, -0.25) is 4.90 Å². The fourth-order valence-corrected chi connectivity index (χ4v) is 3.41. The molecular weight excluding hydrogens is 314 g/mol. The summed E-state index contributed by atoms with van der Waals surface area (Å²) in [4.78, 5) is 10.4. The average Bonchev–Trinajstić information content (AvgIpc) is 3.11. The van der Waals surface area contributed by atoms with Crippen molar-refractivity contribution in [3.05, 3.63) is 42.4 Å². The van der Waals surface area contributed by atoms with Crippen LogP contribution in [0.4, 0.5) is 0 Å². The van der Waals surface area contributed by atoms with Crippen LogP contribution in [-0.4, -0.2) is 58.4 Å². The van der Waals surface area contributed by atoms with Gasteiger partial charge in [0.05, 0.1) is 30.7 Å². The van der Waals surface area contributed by atoms with E-state index in [1.807, 2.05) is 38.2 Å². The summed E-state index contributed by atoms with van der Waals surface area (Å²) >= 11 is 0. The largest absolute Gasteiger partial charge is 0.389 e. The number of rotatable bonds is 7. The summed E-state index contributed by atoms with van der Waals surface area (Å²) in [7, 11) is 0. The van der Waals surface area contributed by atoms with Gasteiger partial charge in [-0.25, -0.2) is 4.98 Å². The summed E-state index contributed by atoms with van der Waals surface area (Å²) in [5, 5.41) is 10.2. The first-order valence-electron chi connectivity index (χ1n) is 9.24. The summed E-state index contributed by atoms with van der Waals surface area (Å²) in [5.74, 6) is 1.45. The Labute approximate surface area is 150 Å². The lowest BCUT2D eigenvalue weighted by Crippen LogP contribution is -2.41.